The molecule has 2 rings (SSSR count). The van der Waals surface area contributed by atoms with Crippen molar-refractivity contribution in [2.24, 2.45) is 11.3 Å². The quantitative estimate of drug-likeness (QED) is 0.872. The van der Waals surface area contributed by atoms with Crippen LogP contribution >= 0.6 is 0 Å². The van der Waals surface area contributed by atoms with Gasteiger partial charge in [-0.05, 0) is 24.6 Å². The van der Waals surface area contributed by atoms with Crippen LogP contribution in [0.25, 0.3) is 0 Å². The topological polar surface area (TPSA) is 75.6 Å². The number of methoxy groups -OCH3 is 1. The first-order valence-corrected chi connectivity index (χ1v) is 7.12. The summed E-state index contributed by atoms with van der Waals surface area (Å²) in [4.78, 5) is 23.4. The van der Waals surface area contributed by atoms with Gasteiger partial charge in [-0.1, -0.05) is 13.8 Å². The number of ether oxygens (including phenoxy) is 1. The zero-order valence-corrected chi connectivity index (χ0v) is 13.4. The highest BCUT2D eigenvalue weighted by Gasteiger charge is 2.74. The maximum atomic E-state index is 13.5. The van der Waals surface area contributed by atoms with Gasteiger partial charge in [0, 0.05) is 17.5 Å². The van der Waals surface area contributed by atoms with Crippen LogP contribution in [0, 0.1) is 18.3 Å². The Balaban J connectivity index is 2.17. The summed E-state index contributed by atoms with van der Waals surface area (Å²) in [6, 6.07) is 2.63. The van der Waals surface area contributed by atoms with Gasteiger partial charge in [-0.15, -0.1) is 0 Å². The van der Waals surface area contributed by atoms with Crippen molar-refractivity contribution in [3.63, 3.8) is 0 Å². The number of nitrogens with one attached hydrogen (secondary N) is 1. The Morgan fingerprint density at radius 2 is 1.87 bits per heavy atom. The molecule has 1 aliphatic carbocycles. The summed E-state index contributed by atoms with van der Waals surface area (Å²) in [5, 5.41) is 11.6. The van der Waals surface area contributed by atoms with Gasteiger partial charge in [0.1, 0.15) is 11.3 Å². The Kier molecular flexibility index (Phi) is 4.09. The number of rotatable bonds is 5. The Morgan fingerprint density at radius 3 is 2.30 bits per heavy atom. The molecule has 1 fully saturated rings. The number of carbonyl (C=O) groups is 2. The fraction of sp³-hybridized carbons (Fsp3) is 0.500. The average Bonchev–Trinajstić information content (AvgIpc) is 2.84. The number of halogens is 2. The lowest BCUT2D eigenvalue weighted by Gasteiger charge is -2.12. The van der Waals surface area contributed by atoms with Crippen LogP contribution in [0.3, 0.4) is 0 Å². The fourth-order valence-electron chi connectivity index (χ4n) is 2.69. The highest BCUT2D eigenvalue weighted by atomic mass is 19.3. The third kappa shape index (κ3) is 2.75. The van der Waals surface area contributed by atoms with Gasteiger partial charge < -0.3 is 15.2 Å². The molecule has 1 atom stereocenters. The molecule has 126 valence electrons. The van der Waals surface area contributed by atoms with E-state index < -0.39 is 29.1 Å². The molecule has 0 spiro atoms. The molecule has 0 aliphatic heterocycles. The Labute approximate surface area is 132 Å². The number of carboxylic acids is 1. The number of alkyl halides is 2. The number of aryl methyl sites for hydroxylation is 1. The molecule has 0 aromatic heterocycles. The molecular formula is C16H19F2NO4. The zero-order chi connectivity index (χ0) is 17.6. The molecule has 1 amide bonds. The first-order chi connectivity index (χ1) is 10.5. The van der Waals surface area contributed by atoms with Crippen molar-refractivity contribution >= 4 is 11.9 Å². The molecule has 2 N–H and O–H groups in total. The number of carbonyl (C=O) groups excluding carboxylic acids is 1. The summed E-state index contributed by atoms with van der Waals surface area (Å²) < 4.78 is 32.0. The Bertz CT molecular complexity index is 656. The van der Waals surface area contributed by atoms with E-state index in [1.54, 1.807) is 6.92 Å². The van der Waals surface area contributed by atoms with E-state index in [1.807, 2.05) is 0 Å². The molecule has 7 heteroatoms. The zero-order valence-electron chi connectivity index (χ0n) is 13.4. The van der Waals surface area contributed by atoms with Gasteiger partial charge in [-0.2, -0.15) is 0 Å². The monoisotopic (exact) mass is 327 g/mol. The smallest absolute Gasteiger partial charge is 0.339 e. The van der Waals surface area contributed by atoms with Crippen molar-refractivity contribution < 1.29 is 28.2 Å². The van der Waals surface area contributed by atoms with Crippen LogP contribution in [0.4, 0.5) is 8.78 Å². The van der Waals surface area contributed by atoms with E-state index in [-0.39, 0.29) is 23.4 Å². The number of carboxylic acid groups (broad SMARTS) is 1. The van der Waals surface area contributed by atoms with E-state index in [1.165, 1.54) is 33.1 Å². The number of benzene rings is 1. The van der Waals surface area contributed by atoms with Crippen LogP contribution in [0.5, 0.6) is 5.75 Å². The summed E-state index contributed by atoms with van der Waals surface area (Å²) in [7, 11) is 1.33. The van der Waals surface area contributed by atoms with Crippen molar-refractivity contribution in [2.45, 2.75) is 26.7 Å². The molecule has 0 radical (unpaired) electrons. The summed E-state index contributed by atoms with van der Waals surface area (Å²) >= 11 is 0. The highest BCUT2D eigenvalue weighted by molar-refractivity contribution is 6.00. The van der Waals surface area contributed by atoms with Crippen LogP contribution in [0.15, 0.2) is 12.1 Å². The second kappa shape index (κ2) is 5.47. The van der Waals surface area contributed by atoms with Gasteiger partial charge in [0.2, 0.25) is 0 Å². The van der Waals surface area contributed by atoms with Crippen molar-refractivity contribution in [3.05, 3.63) is 28.8 Å². The van der Waals surface area contributed by atoms with Crippen LogP contribution in [-0.4, -0.2) is 36.6 Å². The molecule has 23 heavy (non-hydrogen) atoms. The average molecular weight is 327 g/mol. The van der Waals surface area contributed by atoms with Crippen LogP contribution in [0.1, 0.15) is 40.1 Å². The lowest BCUT2D eigenvalue weighted by molar-refractivity contribution is 0.0660. The van der Waals surface area contributed by atoms with Crippen LogP contribution in [0.2, 0.25) is 0 Å². The van der Waals surface area contributed by atoms with E-state index in [2.05, 4.69) is 5.32 Å². The van der Waals surface area contributed by atoms with E-state index >= 15 is 0 Å². The molecule has 1 aromatic carbocycles. The minimum atomic E-state index is -2.80. The number of amides is 1. The van der Waals surface area contributed by atoms with Crippen molar-refractivity contribution in [1.29, 1.82) is 0 Å². The fourth-order valence-corrected chi connectivity index (χ4v) is 2.69. The summed E-state index contributed by atoms with van der Waals surface area (Å²) in [6.45, 7) is 4.36. The van der Waals surface area contributed by atoms with Gasteiger partial charge in [-0.3, -0.25) is 4.79 Å². The van der Waals surface area contributed by atoms with Gasteiger partial charge in [0.05, 0.1) is 13.0 Å². The minimum Gasteiger partial charge on any atom is -0.496 e. The molecule has 0 saturated heterocycles. The van der Waals surface area contributed by atoms with E-state index in [9.17, 15) is 18.4 Å². The number of hydrogen-bond donors (Lipinski definition) is 2. The van der Waals surface area contributed by atoms with Gasteiger partial charge >= 0.3 is 5.97 Å². The molecule has 0 heterocycles. The van der Waals surface area contributed by atoms with E-state index in [4.69, 9.17) is 9.84 Å². The number of aromatic carboxylic acids is 1. The first kappa shape index (κ1) is 17.2. The molecule has 0 bridgehead atoms. The lowest BCUT2D eigenvalue weighted by atomic mass is 10.0. The second-order valence-corrected chi connectivity index (χ2v) is 6.28. The Morgan fingerprint density at radius 1 is 1.30 bits per heavy atom. The maximum Gasteiger partial charge on any atom is 0.339 e. The van der Waals surface area contributed by atoms with Crippen molar-refractivity contribution in [3.8, 4) is 5.75 Å². The molecule has 1 unspecified atom stereocenters. The largest absolute Gasteiger partial charge is 0.496 e. The highest BCUT2D eigenvalue weighted by Crippen LogP contribution is 2.65. The molecular weight excluding hydrogens is 308 g/mol. The van der Waals surface area contributed by atoms with Gasteiger partial charge in [-0.25, -0.2) is 13.6 Å². The lowest BCUT2D eigenvalue weighted by Crippen LogP contribution is -2.28. The second-order valence-electron chi connectivity index (χ2n) is 6.28. The van der Waals surface area contributed by atoms with Gasteiger partial charge in [0.15, 0.2) is 0 Å². The molecule has 1 aliphatic rings. The van der Waals surface area contributed by atoms with Crippen molar-refractivity contribution in [2.75, 3.05) is 13.7 Å². The van der Waals surface area contributed by atoms with Crippen LogP contribution in [-0.2, 0) is 0 Å². The standard InChI is InChI=1S/C16H19F2NO4/c1-8-5-11(23-4)10(14(21)22)6-9(8)13(20)19-7-12-15(2,3)16(12,17)18/h5-6,12H,7H2,1-4H3,(H,19,20)(H,21,22). The summed E-state index contributed by atoms with van der Waals surface area (Å²) in [5.41, 5.74) is -0.655. The summed E-state index contributed by atoms with van der Waals surface area (Å²) in [6.07, 6.45) is 0. The minimum absolute atomic E-state index is 0.130. The molecule has 1 saturated carbocycles. The predicted octanol–water partition coefficient (Wildman–Crippen LogP) is 2.72. The SMILES string of the molecule is COc1cc(C)c(C(=O)NCC2C(C)(C)C2(F)F)cc1C(=O)O. The molecule has 1 aromatic rings. The van der Waals surface area contributed by atoms with E-state index in [0.717, 1.165) is 0 Å². The van der Waals surface area contributed by atoms with Crippen LogP contribution < -0.4 is 10.1 Å². The normalized spacial score (nSPS) is 20.7. The maximum absolute atomic E-state index is 13.5. The Hall–Kier alpha value is -2.18. The van der Waals surface area contributed by atoms with E-state index in [0.29, 0.717) is 5.56 Å². The third-order valence-electron chi connectivity index (χ3n) is 4.57. The van der Waals surface area contributed by atoms with Crippen molar-refractivity contribution in [1.82, 2.24) is 5.32 Å². The van der Waals surface area contributed by atoms with Gasteiger partial charge in [0.25, 0.3) is 11.8 Å². The predicted molar refractivity (Wildman–Crippen MR) is 79.2 cm³/mol. The first-order valence-electron chi connectivity index (χ1n) is 7.12. The number of hydrogen-bond acceptors (Lipinski definition) is 3. The summed E-state index contributed by atoms with van der Waals surface area (Å²) in [5.74, 6) is -5.39. The molecule has 5 nitrogen and oxygen atoms in total. The third-order valence-corrected chi connectivity index (χ3v) is 4.57.